The van der Waals surface area contributed by atoms with E-state index in [1.165, 1.54) is 0 Å². The molecule has 2 aromatic rings. The van der Waals surface area contributed by atoms with Gasteiger partial charge in [-0.1, -0.05) is 0 Å². The van der Waals surface area contributed by atoms with Gasteiger partial charge >= 0.3 is 0 Å². The van der Waals surface area contributed by atoms with E-state index in [-0.39, 0.29) is 11.6 Å². The summed E-state index contributed by atoms with van der Waals surface area (Å²) >= 11 is 0. The molecule has 0 radical (unpaired) electrons. The summed E-state index contributed by atoms with van der Waals surface area (Å²) in [5.41, 5.74) is 0.841. The molecule has 2 saturated heterocycles. The second-order valence-electron chi connectivity index (χ2n) is 9.15. The summed E-state index contributed by atoms with van der Waals surface area (Å²) in [5.74, 6) is 3.60. The van der Waals surface area contributed by atoms with Gasteiger partial charge in [0.2, 0.25) is 5.88 Å². The van der Waals surface area contributed by atoms with Gasteiger partial charge in [-0.05, 0) is 59.6 Å². The number of hydrogen-bond donors (Lipinski definition) is 0. The van der Waals surface area contributed by atoms with Gasteiger partial charge in [0.1, 0.15) is 22.9 Å². The molecule has 0 bridgehead atoms. The quantitative estimate of drug-likeness (QED) is 0.741. The molecule has 2 unspecified atom stereocenters. The Morgan fingerprint density at radius 2 is 1.97 bits per heavy atom. The molecule has 0 aliphatic carbocycles. The van der Waals surface area contributed by atoms with E-state index in [9.17, 15) is 0 Å². The minimum absolute atomic E-state index is 0.219. The molecule has 6 nitrogen and oxygen atoms in total. The first kappa shape index (κ1) is 20.1. The summed E-state index contributed by atoms with van der Waals surface area (Å²) in [4.78, 5) is 9.67. The molecular formula is C23H33N3O3. The molecule has 2 aromatic heterocycles. The largest absolute Gasteiger partial charge is 0.472 e. The maximum atomic E-state index is 6.19. The number of nitrogens with zero attached hydrogens (tertiary/aromatic N) is 3. The van der Waals surface area contributed by atoms with Crippen LogP contribution in [-0.4, -0.2) is 42.9 Å². The molecule has 2 atom stereocenters. The van der Waals surface area contributed by atoms with E-state index in [0.717, 1.165) is 62.2 Å². The van der Waals surface area contributed by atoms with E-state index in [1.54, 1.807) is 0 Å². The van der Waals surface area contributed by atoms with Crippen LogP contribution in [0.5, 0.6) is 5.88 Å². The average molecular weight is 400 g/mol. The van der Waals surface area contributed by atoms with Crippen LogP contribution >= 0.6 is 0 Å². The monoisotopic (exact) mass is 399 g/mol. The average Bonchev–Trinajstić information content (AvgIpc) is 3.29. The lowest BCUT2D eigenvalue weighted by Gasteiger charge is -2.36. The summed E-state index contributed by atoms with van der Waals surface area (Å²) in [5, 5.41) is 0. The molecule has 0 N–H and O–H groups in total. The van der Waals surface area contributed by atoms with Crippen LogP contribution in [0.4, 0.5) is 11.5 Å². The zero-order valence-corrected chi connectivity index (χ0v) is 18.3. The Balaban J connectivity index is 1.71. The molecule has 6 heteroatoms. The van der Waals surface area contributed by atoms with E-state index in [4.69, 9.17) is 18.9 Å². The summed E-state index contributed by atoms with van der Waals surface area (Å²) in [6.07, 6.45) is 2.20. The highest BCUT2D eigenvalue weighted by Gasteiger charge is 2.31. The molecule has 0 spiro atoms. The fourth-order valence-electron chi connectivity index (χ4n) is 4.24. The van der Waals surface area contributed by atoms with Gasteiger partial charge < -0.3 is 23.7 Å². The van der Waals surface area contributed by atoms with Gasteiger partial charge in [0.05, 0.1) is 19.3 Å². The van der Waals surface area contributed by atoms with E-state index in [2.05, 4.69) is 55.7 Å². The van der Waals surface area contributed by atoms with Crippen LogP contribution in [0.25, 0.3) is 0 Å². The fourth-order valence-corrected chi connectivity index (χ4v) is 4.24. The number of furan rings is 1. The van der Waals surface area contributed by atoms with Crippen LogP contribution in [0.2, 0.25) is 0 Å². The molecule has 4 heterocycles. The molecule has 2 aliphatic rings. The lowest BCUT2D eigenvalue weighted by molar-refractivity contribution is 0.0986. The van der Waals surface area contributed by atoms with Crippen molar-refractivity contribution in [3.63, 3.8) is 0 Å². The predicted molar refractivity (Wildman–Crippen MR) is 115 cm³/mol. The molecule has 29 heavy (non-hydrogen) atoms. The lowest BCUT2D eigenvalue weighted by Crippen LogP contribution is -2.43. The first-order valence-electron chi connectivity index (χ1n) is 10.7. The van der Waals surface area contributed by atoms with E-state index in [1.807, 2.05) is 13.0 Å². The SMILES string of the molecule is Cc1ccc(C2CCCN2c2cc(N3CCOCC3C)cc(OC(C)(C)C)n2)o1. The molecule has 2 fully saturated rings. The van der Waals surface area contributed by atoms with Crippen molar-refractivity contribution in [3.8, 4) is 5.88 Å². The van der Waals surface area contributed by atoms with Crippen molar-refractivity contribution in [2.75, 3.05) is 36.1 Å². The van der Waals surface area contributed by atoms with Crippen molar-refractivity contribution in [3.05, 3.63) is 35.8 Å². The van der Waals surface area contributed by atoms with Crippen molar-refractivity contribution in [1.29, 1.82) is 0 Å². The lowest BCUT2D eigenvalue weighted by atomic mass is 10.1. The van der Waals surface area contributed by atoms with Crippen LogP contribution in [0.1, 0.15) is 58.1 Å². The van der Waals surface area contributed by atoms with Gasteiger partial charge in [0, 0.05) is 37.0 Å². The number of morpholine rings is 1. The number of hydrogen-bond acceptors (Lipinski definition) is 6. The normalized spacial score (nSPS) is 22.9. The summed E-state index contributed by atoms with van der Waals surface area (Å²) in [6.45, 7) is 13.7. The maximum absolute atomic E-state index is 6.19. The molecule has 0 amide bonds. The van der Waals surface area contributed by atoms with Crippen LogP contribution in [-0.2, 0) is 4.74 Å². The Hall–Kier alpha value is -2.21. The highest BCUT2D eigenvalue weighted by Crippen LogP contribution is 2.39. The van der Waals surface area contributed by atoms with Gasteiger partial charge in [-0.2, -0.15) is 4.98 Å². The molecule has 0 aromatic carbocycles. The highest BCUT2D eigenvalue weighted by atomic mass is 16.5. The third-order valence-electron chi connectivity index (χ3n) is 5.52. The zero-order valence-electron chi connectivity index (χ0n) is 18.3. The second kappa shape index (κ2) is 7.90. The highest BCUT2D eigenvalue weighted by molar-refractivity contribution is 5.60. The summed E-state index contributed by atoms with van der Waals surface area (Å²) in [7, 11) is 0. The number of pyridine rings is 1. The van der Waals surface area contributed by atoms with Crippen molar-refractivity contribution in [2.45, 2.75) is 65.1 Å². The topological polar surface area (TPSA) is 51.0 Å². The van der Waals surface area contributed by atoms with Crippen LogP contribution in [0.15, 0.2) is 28.7 Å². The fraction of sp³-hybridized carbons (Fsp3) is 0.609. The van der Waals surface area contributed by atoms with Gasteiger partial charge in [-0.25, -0.2) is 0 Å². The van der Waals surface area contributed by atoms with Gasteiger partial charge in [-0.3, -0.25) is 0 Å². The zero-order chi connectivity index (χ0) is 20.6. The Kier molecular flexibility index (Phi) is 5.47. The Morgan fingerprint density at radius 1 is 1.14 bits per heavy atom. The Morgan fingerprint density at radius 3 is 2.66 bits per heavy atom. The molecular weight excluding hydrogens is 366 g/mol. The molecule has 2 aliphatic heterocycles. The second-order valence-corrected chi connectivity index (χ2v) is 9.15. The predicted octanol–water partition coefficient (Wildman–Crippen LogP) is 4.73. The van der Waals surface area contributed by atoms with Gasteiger partial charge in [0.15, 0.2) is 0 Å². The van der Waals surface area contributed by atoms with Crippen molar-refractivity contribution in [2.24, 2.45) is 0 Å². The third-order valence-corrected chi connectivity index (χ3v) is 5.52. The number of aromatic nitrogens is 1. The van der Waals surface area contributed by atoms with E-state index < -0.39 is 0 Å². The minimum atomic E-state index is -0.304. The van der Waals surface area contributed by atoms with Crippen LogP contribution in [0.3, 0.4) is 0 Å². The van der Waals surface area contributed by atoms with E-state index >= 15 is 0 Å². The van der Waals surface area contributed by atoms with Gasteiger partial charge in [0.25, 0.3) is 0 Å². The number of ether oxygens (including phenoxy) is 2. The number of aryl methyl sites for hydroxylation is 1. The van der Waals surface area contributed by atoms with Gasteiger partial charge in [-0.15, -0.1) is 0 Å². The molecule has 158 valence electrons. The van der Waals surface area contributed by atoms with Crippen molar-refractivity contribution >= 4 is 11.5 Å². The smallest absolute Gasteiger partial charge is 0.217 e. The summed E-state index contributed by atoms with van der Waals surface area (Å²) < 4.78 is 17.8. The van der Waals surface area contributed by atoms with Crippen LogP contribution in [0, 0.1) is 6.92 Å². The van der Waals surface area contributed by atoms with Crippen molar-refractivity contribution < 1.29 is 13.9 Å². The van der Waals surface area contributed by atoms with Crippen LogP contribution < -0.4 is 14.5 Å². The maximum Gasteiger partial charge on any atom is 0.217 e. The first-order chi connectivity index (χ1) is 13.8. The number of anilines is 2. The summed E-state index contributed by atoms with van der Waals surface area (Å²) in [6, 6.07) is 8.95. The van der Waals surface area contributed by atoms with Crippen molar-refractivity contribution in [1.82, 2.24) is 4.98 Å². The third kappa shape index (κ3) is 4.53. The van der Waals surface area contributed by atoms with E-state index in [0.29, 0.717) is 11.9 Å². The standard InChI is InChI=1S/C23H33N3O3/c1-16-15-27-12-11-25(16)18-13-21(24-22(14-18)29-23(3,4)5)26-10-6-7-19(26)20-9-8-17(2)28-20/h8-9,13-14,16,19H,6-7,10-12,15H2,1-5H3. The number of rotatable bonds is 4. The minimum Gasteiger partial charge on any atom is -0.472 e. The molecule has 0 saturated carbocycles. The first-order valence-corrected chi connectivity index (χ1v) is 10.7. The Labute approximate surface area is 173 Å². The molecule has 4 rings (SSSR count). The Bertz CT molecular complexity index is 842.